The van der Waals surface area contributed by atoms with Crippen LogP contribution in [0.2, 0.25) is 0 Å². The van der Waals surface area contributed by atoms with E-state index < -0.39 is 17.8 Å². The van der Waals surface area contributed by atoms with Crippen LogP contribution in [0.4, 0.5) is 20.6 Å². The number of amides is 2. The molecule has 5 nitrogen and oxygen atoms in total. The third kappa shape index (κ3) is 3.34. The Balaban J connectivity index is 1.80. The summed E-state index contributed by atoms with van der Waals surface area (Å²) < 4.78 is 19.3. The molecule has 0 bridgehead atoms. The molecule has 1 heterocycles. The zero-order valence-electron chi connectivity index (χ0n) is 11.9. The first kappa shape index (κ1) is 15.5. The monoisotopic (exact) mass is 378 g/mol. The van der Waals surface area contributed by atoms with Gasteiger partial charge in [0.2, 0.25) is 0 Å². The van der Waals surface area contributed by atoms with E-state index in [1.54, 1.807) is 30.3 Å². The number of carbonyl (C=O) groups is 2. The Hall–Kier alpha value is -2.41. The summed E-state index contributed by atoms with van der Waals surface area (Å²) in [4.78, 5) is 25.2. The van der Waals surface area contributed by atoms with Gasteiger partial charge >= 0.3 is 6.09 Å². The quantitative estimate of drug-likeness (QED) is 0.883. The normalized spacial score (nSPS) is 13.8. The number of cyclic esters (lactones) is 1. The molecule has 2 amide bonds. The van der Waals surface area contributed by atoms with Crippen molar-refractivity contribution in [3.8, 4) is 0 Å². The largest absolute Gasteiger partial charge is 0.447 e. The molecule has 0 radical (unpaired) electrons. The van der Waals surface area contributed by atoms with Crippen molar-refractivity contribution in [3.05, 3.63) is 58.3 Å². The Kier molecular flexibility index (Phi) is 4.29. The topological polar surface area (TPSA) is 58.6 Å². The minimum atomic E-state index is -0.615. The summed E-state index contributed by atoms with van der Waals surface area (Å²) in [6.07, 6.45) is -0.424. The van der Waals surface area contributed by atoms with Crippen molar-refractivity contribution in [2.45, 2.75) is 0 Å². The van der Waals surface area contributed by atoms with Crippen LogP contribution < -0.4 is 10.2 Å². The molecule has 0 aromatic heterocycles. The fourth-order valence-corrected chi connectivity index (χ4v) is 2.58. The molecular weight excluding hydrogens is 367 g/mol. The number of hydrogen-bond acceptors (Lipinski definition) is 3. The number of halogens is 2. The fraction of sp³-hybridized carbons (Fsp3) is 0.125. The molecule has 2 aromatic rings. The molecule has 1 aliphatic heterocycles. The Labute approximate surface area is 140 Å². The summed E-state index contributed by atoms with van der Waals surface area (Å²) in [5, 5.41) is 2.62. The van der Waals surface area contributed by atoms with E-state index in [4.69, 9.17) is 4.74 Å². The fourth-order valence-electron chi connectivity index (χ4n) is 2.25. The first-order chi connectivity index (χ1) is 11.0. The van der Waals surface area contributed by atoms with Gasteiger partial charge in [-0.1, -0.05) is 22.0 Å². The number of carbonyl (C=O) groups excluding carboxylic acids is 2. The number of nitrogens with zero attached hydrogens (tertiary/aromatic N) is 1. The lowest BCUT2D eigenvalue weighted by molar-refractivity contribution is 0.102. The van der Waals surface area contributed by atoms with Crippen LogP contribution in [0.1, 0.15) is 10.4 Å². The number of hydrogen-bond donors (Lipinski definition) is 1. The van der Waals surface area contributed by atoms with Crippen LogP contribution in [0.15, 0.2) is 46.9 Å². The van der Waals surface area contributed by atoms with E-state index in [0.29, 0.717) is 29.0 Å². The summed E-state index contributed by atoms with van der Waals surface area (Å²) in [6, 6.07) is 11.0. The van der Waals surface area contributed by atoms with Gasteiger partial charge < -0.3 is 10.1 Å². The summed E-state index contributed by atoms with van der Waals surface area (Å²) >= 11 is 3.14. The van der Waals surface area contributed by atoms with Gasteiger partial charge in [0.25, 0.3) is 5.91 Å². The van der Waals surface area contributed by atoms with E-state index in [1.165, 1.54) is 17.0 Å². The molecule has 1 N–H and O–H groups in total. The third-order valence-electron chi connectivity index (χ3n) is 3.35. The highest BCUT2D eigenvalue weighted by Gasteiger charge is 2.23. The second-order valence-electron chi connectivity index (χ2n) is 4.89. The van der Waals surface area contributed by atoms with Crippen molar-refractivity contribution in [3.63, 3.8) is 0 Å². The van der Waals surface area contributed by atoms with Gasteiger partial charge in [0.1, 0.15) is 12.4 Å². The van der Waals surface area contributed by atoms with Gasteiger partial charge in [0.05, 0.1) is 12.1 Å². The predicted molar refractivity (Wildman–Crippen MR) is 87.2 cm³/mol. The number of ether oxygens (including phenoxy) is 1. The van der Waals surface area contributed by atoms with Gasteiger partial charge in [0.15, 0.2) is 0 Å². The highest BCUT2D eigenvalue weighted by molar-refractivity contribution is 9.10. The summed E-state index contributed by atoms with van der Waals surface area (Å²) in [5.41, 5.74) is 1.02. The third-order valence-corrected chi connectivity index (χ3v) is 3.85. The van der Waals surface area contributed by atoms with Gasteiger partial charge in [-0.2, -0.15) is 0 Å². The Morgan fingerprint density at radius 3 is 2.78 bits per heavy atom. The molecule has 0 atom stereocenters. The molecule has 3 rings (SSSR count). The Morgan fingerprint density at radius 2 is 2.09 bits per heavy atom. The molecule has 0 saturated carbocycles. The maximum absolute atomic E-state index is 13.8. The highest BCUT2D eigenvalue weighted by Crippen LogP contribution is 2.23. The van der Waals surface area contributed by atoms with Crippen LogP contribution in [-0.4, -0.2) is 25.2 Å². The zero-order valence-corrected chi connectivity index (χ0v) is 13.5. The minimum absolute atomic E-state index is 0.0563. The maximum atomic E-state index is 13.8. The molecule has 7 heteroatoms. The van der Waals surface area contributed by atoms with Gasteiger partial charge in [0, 0.05) is 15.8 Å². The minimum Gasteiger partial charge on any atom is -0.447 e. The second kappa shape index (κ2) is 6.37. The molecule has 1 aliphatic rings. The smallest absolute Gasteiger partial charge is 0.414 e. The standard InChI is InChI=1S/C16H12BrFN2O3/c17-10-4-5-13(14(18)8-10)15(21)19-11-2-1-3-12(9-11)20-6-7-23-16(20)22/h1-5,8-9H,6-7H2,(H,19,21). The van der Waals surface area contributed by atoms with E-state index in [1.807, 2.05) is 0 Å². The van der Waals surface area contributed by atoms with Crippen molar-refractivity contribution in [1.29, 1.82) is 0 Å². The van der Waals surface area contributed by atoms with E-state index in [0.717, 1.165) is 0 Å². The van der Waals surface area contributed by atoms with Crippen molar-refractivity contribution in [2.75, 3.05) is 23.4 Å². The Morgan fingerprint density at radius 1 is 1.26 bits per heavy atom. The van der Waals surface area contributed by atoms with Crippen molar-refractivity contribution < 1.29 is 18.7 Å². The van der Waals surface area contributed by atoms with E-state index in [-0.39, 0.29) is 5.56 Å². The number of rotatable bonds is 3. The predicted octanol–water partition coefficient (Wildman–Crippen LogP) is 3.80. The van der Waals surface area contributed by atoms with Gasteiger partial charge in [-0.05, 0) is 36.4 Å². The molecule has 0 aliphatic carbocycles. The van der Waals surface area contributed by atoms with Crippen molar-refractivity contribution in [2.24, 2.45) is 0 Å². The molecule has 0 unspecified atom stereocenters. The van der Waals surface area contributed by atoms with Gasteiger partial charge in [-0.25, -0.2) is 9.18 Å². The summed E-state index contributed by atoms with van der Waals surface area (Å²) in [5.74, 6) is -1.17. The lowest BCUT2D eigenvalue weighted by Crippen LogP contribution is -2.23. The lowest BCUT2D eigenvalue weighted by atomic mass is 10.2. The van der Waals surface area contributed by atoms with Crippen molar-refractivity contribution >= 4 is 39.3 Å². The second-order valence-corrected chi connectivity index (χ2v) is 5.81. The van der Waals surface area contributed by atoms with Gasteiger partial charge in [-0.15, -0.1) is 0 Å². The van der Waals surface area contributed by atoms with E-state index >= 15 is 0 Å². The van der Waals surface area contributed by atoms with Crippen LogP contribution in [0, 0.1) is 5.82 Å². The number of nitrogens with one attached hydrogen (secondary N) is 1. The average Bonchev–Trinajstić information content (AvgIpc) is 2.93. The van der Waals surface area contributed by atoms with Crippen LogP contribution >= 0.6 is 15.9 Å². The van der Waals surface area contributed by atoms with Crippen LogP contribution in [0.3, 0.4) is 0 Å². The van der Waals surface area contributed by atoms with Crippen LogP contribution in [0.25, 0.3) is 0 Å². The maximum Gasteiger partial charge on any atom is 0.414 e. The first-order valence-electron chi connectivity index (χ1n) is 6.85. The van der Waals surface area contributed by atoms with E-state index in [9.17, 15) is 14.0 Å². The van der Waals surface area contributed by atoms with Crippen molar-refractivity contribution in [1.82, 2.24) is 0 Å². The number of benzene rings is 2. The SMILES string of the molecule is O=C(Nc1cccc(N2CCOC2=O)c1)c1ccc(Br)cc1F. The highest BCUT2D eigenvalue weighted by atomic mass is 79.9. The molecule has 23 heavy (non-hydrogen) atoms. The molecule has 1 saturated heterocycles. The molecule has 1 fully saturated rings. The zero-order chi connectivity index (χ0) is 16.4. The first-order valence-corrected chi connectivity index (χ1v) is 7.64. The van der Waals surface area contributed by atoms with Crippen LogP contribution in [-0.2, 0) is 4.74 Å². The number of anilines is 2. The summed E-state index contributed by atoms with van der Waals surface area (Å²) in [7, 11) is 0. The summed E-state index contributed by atoms with van der Waals surface area (Å²) in [6.45, 7) is 0.789. The average molecular weight is 379 g/mol. The molecular formula is C16H12BrFN2O3. The molecule has 2 aromatic carbocycles. The van der Waals surface area contributed by atoms with Crippen LogP contribution in [0.5, 0.6) is 0 Å². The molecule has 0 spiro atoms. The van der Waals surface area contributed by atoms with E-state index in [2.05, 4.69) is 21.2 Å². The lowest BCUT2D eigenvalue weighted by Gasteiger charge is -2.14. The van der Waals surface area contributed by atoms with Gasteiger partial charge in [-0.3, -0.25) is 9.69 Å². The molecule has 118 valence electrons. The Bertz CT molecular complexity index is 782.